The predicted octanol–water partition coefficient (Wildman–Crippen LogP) is 2.82. The summed E-state index contributed by atoms with van der Waals surface area (Å²) in [7, 11) is 0. The van der Waals surface area contributed by atoms with Crippen molar-refractivity contribution in [2.24, 2.45) is 0 Å². The van der Waals surface area contributed by atoms with E-state index in [2.05, 4.69) is 4.98 Å². The van der Waals surface area contributed by atoms with Gasteiger partial charge in [0, 0.05) is 5.56 Å². The van der Waals surface area contributed by atoms with E-state index in [9.17, 15) is 4.39 Å². The molecule has 2 rings (SSSR count). The molecule has 0 amide bonds. The zero-order valence-electron chi connectivity index (χ0n) is 10.8. The number of hydrogen-bond acceptors (Lipinski definition) is 3. The molecule has 1 aromatic heterocycles. The van der Waals surface area contributed by atoms with E-state index in [0.717, 1.165) is 11.3 Å². The van der Waals surface area contributed by atoms with Crippen LogP contribution in [-0.2, 0) is 0 Å². The number of halogens is 1. The molecule has 0 unspecified atom stereocenters. The topological polar surface area (TPSA) is 36.7 Å². The van der Waals surface area contributed by atoms with E-state index in [1.54, 1.807) is 0 Å². The van der Waals surface area contributed by atoms with Gasteiger partial charge >= 0.3 is 0 Å². The van der Waals surface area contributed by atoms with Crippen molar-refractivity contribution >= 4 is 11.3 Å². The van der Waals surface area contributed by atoms with E-state index < -0.39 is 30.0 Å². The van der Waals surface area contributed by atoms with Crippen molar-refractivity contribution in [1.82, 2.24) is 4.98 Å². The molecule has 2 aromatic rings. The maximum Gasteiger partial charge on any atom is 0.132 e. The Morgan fingerprint density at radius 2 is 2.14 bits per heavy atom. The Morgan fingerprint density at radius 3 is 2.79 bits per heavy atom. The van der Waals surface area contributed by atoms with Gasteiger partial charge in [0.25, 0.3) is 0 Å². The van der Waals surface area contributed by atoms with E-state index in [0.29, 0.717) is 0 Å². The first kappa shape index (κ1) is 5.23. The molecule has 0 bridgehead atoms. The van der Waals surface area contributed by atoms with E-state index in [1.807, 2.05) is 6.07 Å². The highest BCUT2D eigenvalue weighted by molar-refractivity contribution is 7.10. The summed E-state index contributed by atoms with van der Waals surface area (Å²) >= 11 is 1.02. The molecule has 14 heavy (non-hydrogen) atoms. The SMILES string of the molecule is [2H]c1c([2H])c(-c2ncsc2C#N)c([2H])c([2H])c1F. The Kier molecular flexibility index (Phi) is 1.33. The molecule has 0 atom stereocenters. The van der Waals surface area contributed by atoms with Crippen molar-refractivity contribution in [3.05, 3.63) is 40.4 Å². The summed E-state index contributed by atoms with van der Waals surface area (Å²) in [6.07, 6.45) is 0. The quantitative estimate of drug-likeness (QED) is 0.722. The van der Waals surface area contributed by atoms with Crippen molar-refractivity contribution in [2.45, 2.75) is 0 Å². The lowest BCUT2D eigenvalue weighted by molar-refractivity contribution is 0.628. The lowest BCUT2D eigenvalue weighted by atomic mass is 10.1. The second kappa shape index (κ2) is 3.56. The number of benzene rings is 1. The predicted molar refractivity (Wildman–Crippen MR) is 52.2 cm³/mol. The fourth-order valence-electron chi connectivity index (χ4n) is 0.919. The third kappa shape index (κ3) is 1.50. The van der Waals surface area contributed by atoms with Gasteiger partial charge < -0.3 is 0 Å². The molecule has 0 aliphatic carbocycles. The van der Waals surface area contributed by atoms with Gasteiger partial charge in [-0.15, -0.1) is 11.3 Å². The number of nitrogens with zero attached hydrogens (tertiary/aromatic N) is 2. The Balaban J connectivity index is 2.85. The molecule has 2 nitrogen and oxygen atoms in total. The van der Waals surface area contributed by atoms with Gasteiger partial charge in [0.2, 0.25) is 0 Å². The van der Waals surface area contributed by atoms with Crippen LogP contribution in [0.4, 0.5) is 4.39 Å². The van der Waals surface area contributed by atoms with Gasteiger partial charge in [-0.3, -0.25) is 0 Å². The normalized spacial score (nSPS) is 13.7. The minimum absolute atomic E-state index is 0.0551. The molecule has 68 valence electrons. The van der Waals surface area contributed by atoms with Crippen LogP contribution in [-0.4, -0.2) is 4.98 Å². The van der Waals surface area contributed by atoms with Crippen LogP contribution < -0.4 is 0 Å². The number of nitriles is 1. The first-order valence-electron chi connectivity index (χ1n) is 5.58. The van der Waals surface area contributed by atoms with Crippen LogP contribution in [0.25, 0.3) is 11.3 Å². The monoisotopic (exact) mass is 208 g/mol. The van der Waals surface area contributed by atoms with Gasteiger partial charge in [-0.1, -0.05) is 0 Å². The summed E-state index contributed by atoms with van der Waals surface area (Å²) in [4.78, 5) is 4.03. The fourth-order valence-corrected chi connectivity index (χ4v) is 1.50. The molecule has 0 saturated heterocycles. The Bertz CT molecular complexity index is 648. The van der Waals surface area contributed by atoms with Crippen LogP contribution in [0.5, 0.6) is 0 Å². The van der Waals surface area contributed by atoms with Crippen molar-refractivity contribution in [3.63, 3.8) is 0 Å². The van der Waals surface area contributed by atoms with Gasteiger partial charge in [0.1, 0.15) is 16.8 Å². The van der Waals surface area contributed by atoms with Crippen molar-refractivity contribution < 1.29 is 9.87 Å². The number of thiazole rings is 1. The average Bonchev–Trinajstić information content (AvgIpc) is 2.82. The van der Waals surface area contributed by atoms with E-state index in [-0.39, 0.29) is 16.1 Å². The van der Waals surface area contributed by atoms with Crippen molar-refractivity contribution in [1.29, 1.82) is 5.26 Å². The molecule has 0 aliphatic heterocycles. The summed E-state index contributed by atoms with van der Waals surface area (Å²) in [5, 5.41) is 8.87. The van der Waals surface area contributed by atoms with Crippen LogP contribution in [0.3, 0.4) is 0 Å². The summed E-state index contributed by atoms with van der Waals surface area (Å²) in [6, 6.07) is -0.730. The van der Waals surface area contributed by atoms with Crippen LogP contribution in [0, 0.1) is 17.1 Å². The van der Waals surface area contributed by atoms with E-state index in [4.69, 9.17) is 10.7 Å². The molecular weight excluding hydrogens is 199 g/mol. The third-order valence-electron chi connectivity index (χ3n) is 1.50. The smallest absolute Gasteiger partial charge is 0.132 e. The van der Waals surface area contributed by atoms with E-state index >= 15 is 0 Å². The number of rotatable bonds is 1. The molecule has 0 saturated carbocycles. The summed E-state index contributed by atoms with van der Waals surface area (Å²) in [5.74, 6) is -1.21. The zero-order valence-corrected chi connectivity index (χ0v) is 7.57. The highest BCUT2D eigenvalue weighted by atomic mass is 32.1. The van der Waals surface area contributed by atoms with Gasteiger partial charge in [-0.25, -0.2) is 9.37 Å². The summed E-state index contributed by atoms with van der Waals surface area (Å²) in [6.45, 7) is 0. The van der Waals surface area contributed by atoms with Gasteiger partial charge in [0.05, 0.1) is 16.7 Å². The minimum Gasteiger partial charge on any atom is -0.243 e. The van der Waals surface area contributed by atoms with E-state index in [1.165, 1.54) is 5.51 Å². The maximum absolute atomic E-state index is 13.4. The second-order valence-corrected chi connectivity index (χ2v) is 3.19. The maximum atomic E-state index is 13.4. The fraction of sp³-hybridized carbons (Fsp3) is 0. The molecular formula is C10H5FN2S. The molecule has 0 radical (unpaired) electrons. The zero-order chi connectivity index (χ0) is 13.4. The molecule has 1 heterocycles. The van der Waals surface area contributed by atoms with Gasteiger partial charge in [0.15, 0.2) is 0 Å². The molecule has 1 aromatic carbocycles. The second-order valence-electron chi connectivity index (χ2n) is 2.33. The van der Waals surface area contributed by atoms with Gasteiger partial charge in [-0.05, 0) is 24.2 Å². The first-order chi connectivity index (χ1) is 8.49. The summed E-state index contributed by atoms with van der Waals surface area (Å²) < 4.78 is 43.4. The minimum atomic E-state index is -1.21. The van der Waals surface area contributed by atoms with Crippen LogP contribution in [0.15, 0.2) is 29.7 Å². The average molecular weight is 208 g/mol. The van der Waals surface area contributed by atoms with Crippen LogP contribution in [0.1, 0.15) is 10.4 Å². The van der Waals surface area contributed by atoms with Crippen LogP contribution >= 0.6 is 11.3 Å². The van der Waals surface area contributed by atoms with Crippen LogP contribution in [0.2, 0.25) is 0 Å². The third-order valence-corrected chi connectivity index (χ3v) is 2.23. The Hall–Kier alpha value is -1.73. The largest absolute Gasteiger partial charge is 0.243 e. The Labute approximate surface area is 89.9 Å². The number of hydrogen-bond donors (Lipinski definition) is 0. The Morgan fingerprint density at radius 1 is 1.43 bits per heavy atom. The van der Waals surface area contributed by atoms with Gasteiger partial charge in [-0.2, -0.15) is 5.26 Å². The molecule has 0 spiro atoms. The standard InChI is InChI=1S/C10H5FN2S/c11-8-3-1-7(2-4-8)10-9(5-12)14-6-13-10/h1-4,6H/i1D,2D,3D,4D. The molecule has 0 aliphatic rings. The van der Waals surface area contributed by atoms with Crippen molar-refractivity contribution in [3.8, 4) is 17.3 Å². The highest BCUT2D eigenvalue weighted by Gasteiger charge is 2.07. The summed E-state index contributed by atoms with van der Waals surface area (Å²) in [5.41, 5.74) is 1.27. The molecule has 0 N–H and O–H groups in total. The van der Waals surface area contributed by atoms with Crippen molar-refractivity contribution in [2.75, 3.05) is 0 Å². The molecule has 0 fully saturated rings. The lowest BCUT2D eigenvalue weighted by Crippen LogP contribution is -1.81. The molecule has 4 heteroatoms. The lowest BCUT2D eigenvalue weighted by Gasteiger charge is -1.96. The number of aromatic nitrogens is 1. The highest BCUT2D eigenvalue weighted by Crippen LogP contribution is 2.24. The first-order valence-corrected chi connectivity index (χ1v) is 4.46.